The smallest absolute Gasteiger partial charge is 0.0682 e. The van der Waals surface area contributed by atoms with Gasteiger partial charge in [-0.05, 0) is 44.9 Å². The summed E-state index contributed by atoms with van der Waals surface area (Å²) in [5.74, 6) is 0.724. The van der Waals surface area contributed by atoms with Crippen LogP contribution in [0.2, 0.25) is 0 Å². The number of aliphatic hydroxyl groups is 1. The van der Waals surface area contributed by atoms with Gasteiger partial charge in [-0.15, -0.1) is 0 Å². The molecule has 94 valence electrons. The lowest BCUT2D eigenvalue weighted by molar-refractivity contribution is -0.00918. The fourth-order valence-electron chi connectivity index (χ4n) is 2.93. The molecule has 0 spiro atoms. The van der Waals surface area contributed by atoms with E-state index in [1.807, 2.05) is 6.92 Å². The van der Waals surface area contributed by atoms with Gasteiger partial charge in [0.2, 0.25) is 0 Å². The molecule has 1 heterocycles. The van der Waals surface area contributed by atoms with Crippen LogP contribution in [0.4, 0.5) is 0 Å². The Balaban J connectivity index is 1.84. The number of hydrogen-bond acceptors (Lipinski definition) is 3. The zero-order valence-electron chi connectivity index (χ0n) is 10.3. The van der Waals surface area contributed by atoms with E-state index in [9.17, 15) is 5.11 Å². The van der Waals surface area contributed by atoms with Crippen molar-refractivity contribution >= 4 is 0 Å². The Hall–Kier alpha value is -0.120. The maximum atomic E-state index is 9.70. The van der Waals surface area contributed by atoms with Gasteiger partial charge < -0.3 is 14.6 Å². The first-order chi connectivity index (χ1) is 7.82. The van der Waals surface area contributed by atoms with Crippen LogP contribution in [0.3, 0.4) is 0 Å². The molecule has 2 fully saturated rings. The summed E-state index contributed by atoms with van der Waals surface area (Å²) in [7, 11) is 0. The van der Waals surface area contributed by atoms with Gasteiger partial charge in [0.15, 0.2) is 0 Å². The first-order valence-corrected chi connectivity index (χ1v) is 6.62. The molecule has 0 aromatic rings. The standard InChI is InChI=1S/C13H24O3/c1-2-15-8-3-6-13(10-14)7-9-16-12(13)11-4-5-11/h11-12,14H,2-10H2,1H3. The lowest BCUT2D eigenvalue weighted by atomic mass is 9.76. The van der Waals surface area contributed by atoms with Crippen molar-refractivity contribution in [3.8, 4) is 0 Å². The molecule has 1 saturated heterocycles. The van der Waals surface area contributed by atoms with E-state index < -0.39 is 0 Å². The van der Waals surface area contributed by atoms with E-state index in [0.29, 0.717) is 6.10 Å². The predicted octanol–water partition coefficient (Wildman–Crippen LogP) is 1.98. The molecular formula is C13H24O3. The third-order valence-corrected chi connectivity index (χ3v) is 4.03. The highest BCUT2D eigenvalue weighted by Gasteiger charge is 2.50. The second kappa shape index (κ2) is 5.48. The molecule has 3 nitrogen and oxygen atoms in total. The van der Waals surface area contributed by atoms with Crippen molar-refractivity contribution in [3.05, 3.63) is 0 Å². The fraction of sp³-hybridized carbons (Fsp3) is 1.00. The molecule has 2 atom stereocenters. The lowest BCUT2D eigenvalue weighted by Gasteiger charge is -2.32. The molecule has 1 aliphatic heterocycles. The molecule has 0 radical (unpaired) electrons. The van der Waals surface area contributed by atoms with Gasteiger partial charge in [-0.3, -0.25) is 0 Å². The van der Waals surface area contributed by atoms with Crippen molar-refractivity contribution in [3.63, 3.8) is 0 Å². The van der Waals surface area contributed by atoms with Crippen LogP contribution in [0.5, 0.6) is 0 Å². The number of ether oxygens (including phenoxy) is 2. The summed E-state index contributed by atoms with van der Waals surface area (Å²) in [6.45, 7) is 4.73. The van der Waals surface area contributed by atoms with Crippen LogP contribution in [0, 0.1) is 11.3 Å². The summed E-state index contributed by atoms with van der Waals surface area (Å²) in [6, 6.07) is 0. The number of hydrogen-bond donors (Lipinski definition) is 1. The van der Waals surface area contributed by atoms with E-state index in [0.717, 1.165) is 45.0 Å². The van der Waals surface area contributed by atoms with E-state index in [4.69, 9.17) is 9.47 Å². The van der Waals surface area contributed by atoms with Crippen LogP contribution in [-0.4, -0.2) is 37.6 Å². The monoisotopic (exact) mass is 228 g/mol. The predicted molar refractivity (Wildman–Crippen MR) is 62.3 cm³/mol. The lowest BCUT2D eigenvalue weighted by Crippen LogP contribution is -2.36. The number of aliphatic hydroxyl groups excluding tert-OH is 1. The summed E-state index contributed by atoms with van der Waals surface area (Å²) in [5, 5.41) is 9.70. The van der Waals surface area contributed by atoms with Gasteiger partial charge >= 0.3 is 0 Å². The molecule has 2 aliphatic rings. The van der Waals surface area contributed by atoms with Crippen molar-refractivity contribution in [1.82, 2.24) is 0 Å². The molecule has 0 bridgehead atoms. The van der Waals surface area contributed by atoms with Gasteiger partial charge in [0.25, 0.3) is 0 Å². The molecule has 0 aromatic carbocycles. The summed E-state index contributed by atoms with van der Waals surface area (Å²) in [5.41, 5.74) is 0.0399. The quantitative estimate of drug-likeness (QED) is 0.677. The Morgan fingerprint density at radius 3 is 2.88 bits per heavy atom. The molecular weight excluding hydrogens is 204 g/mol. The van der Waals surface area contributed by atoms with Crippen LogP contribution < -0.4 is 0 Å². The first kappa shape index (κ1) is 12.3. The Morgan fingerprint density at radius 2 is 2.25 bits per heavy atom. The van der Waals surface area contributed by atoms with Crippen LogP contribution >= 0.6 is 0 Å². The maximum absolute atomic E-state index is 9.70. The van der Waals surface area contributed by atoms with E-state index in [2.05, 4.69) is 0 Å². The van der Waals surface area contributed by atoms with Gasteiger partial charge in [0.1, 0.15) is 0 Å². The topological polar surface area (TPSA) is 38.7 Å². The highest BCUT2D eigenvalue weighted by atomic mass is 16.5. The zero-order valence-corrected chi connectivity index (χ0v) is 10.3. The van der Waals surface area contributed by atoms with Crippen molar-refractivity contribution in [1.29, 1.82) is 0 Å². The largest absolute Gasteiger partial charge is 0.396 e. The Labute approximate surface area is 98.1 Å². The molecule has 2 unspecified atom stereocenters. The van der Waals surface area contributed by atoms with Crippen LogP contribution in [-0.2, 0) is 9.47 Å². The van der Waals surface area contributed by atoms with Crippen molar-refractivity contribution in [2.45, 2.75) is 45.1 Å². The summed E-state index contributed by atoms with van der Waals surface area (Å²) in [4.78, 5) is 0. The second-order valence-corrected chi connectivity index (χ2v) is 5.20. The minimum absolute atomic E-state index is 0.0399. The third kappa shape index (κ3) is 2.58. The molecule has 0 aromatic heterocycles. The van der Waals surface area contributed by atoms with E-state index >= 15 is 0 Å². The fourth-order valence-corrected chi connectivity index (χ4v) is 2.93. The minimum Gasteiger partial charge on any atom is -0.396 e. The molecule has 1 saturated carbocycles. The normalized spacial score (nSPS) is 34.5. The van der Waals surface area contributed by atoms with Crippen LogP contribution in [0.25, 0.3) is 0 Å². The van der Waals surface area contributed by atoms with E-state index in [-0.39, 0.29) is 12.0 Å². The van der Waals surface area contributed by atoms with Crippen LogP contribution in [0.1, 0.15) is 39.0 Å². The Morgan fingerprint density at radius 1 is 1.44 bits per heavy atom. The minimum atomic E-state index is 0.0399. The zero-order chi connectivity index (χ0) is 11.4. The summed E-state index contributed by atoms with van der Waals surface area (Å²) < 4.78 is 11.2. The van der Waals surface area contributed by atoms with Crippen LogP contribution in [0.15, 0.2) is 0 Å². The SMILES string of the molecule is CCOCCCC1(CO)CCOC1C1CC1. The van der Waals surface area contributed by atoms with E-state index in [1.165, 1.54) is 12.8 Å². The van der Waals surface area contributed by atoms with Gasteiger partial charge in [-0.2, -0.15) is 0 Å². The van der Waals surface area contributed by atoms with Gasteiger partial charge in [0, 0.05) is 25.2 Å². The second-order valence-electron chi connectivity index (χ2n) is 5.20. The average molecular weight is 228 g/mol. The summed E-state index contributed by atoms with van der Waals surface area (Å²) >= 11 is 0. The van der Waals surface area contributed by atoms with Crippen molar-refractivity contribution < 1.29 is 14.6 Å². The maximum Gasteiger partial charge on any atom is 0.0682 e. The number of rotatable bonds is 7. The molecule has 1 aliphatic carbocycles. The first-order valence-electron chi connectivity index (χ1n) is 6.62. The Kier molecular flexibility index (Phi) is 4.22. The Bertz CT molecular complexity index is 215. The van der Waals surface area contributed by atoms with Gasteiger partial charge in [-0.25, -0.2) is 0 Å². The van der Waals surface area contributed by atoms with Gasteiger partial charge in [-0.1, -0.05) is 0 Å². The molecule has 3 heteroatoms. The third-order valence-electron chi connectivity index (χ3n) is 4.03. The van der Waals surface area contributed by atoms with E-state index in [1.54, 1.807) is 0 Å². The molecule has 16 heavy (non-hydrogen) atoms. The summed E-state index contributed by atoms with van der Waals surface area (Å²) in [6.07, 6.45) is 6.01. The highest BCUT2D eigenvalue weighted by molar-refractivity contribution is 4.99. The van der Waals surface area contributed by atoms with Crippen molar-refractivity contribution in [2.24, 2.45) is 11.3 Å². The molecule has 0 amide bonds. The highest BCUT2D eigenvalue weighted by Crippen LogP contribution is 2.49. The van der Waals surface area contributed by atoms with Gasteiger partial charge in [0.05, 0.1) is 12.7 Å². The average Bonchev–Trinajstić information content (AvgIpc) is 3.06. The molecule has 2 rings (SSSR count). The molecule has 1 N–H and O–H groups in total. The van der Waals surface area contributed by atoms with Crippen molar-refractivity contribution in [2.75, 3.05) is 26.4 Å².